The average molecular weight is 417 g/mol. The molecule has 4 rings (SSSR count). The number of carbonyl (C=O) groups is 1. The molecule has 0 aliphatic heterocycles. The first kappa shape index (κ1) is 19.2. The van der Waals surface area contributed by atoms with Crippen molar-refractivity contribution in [2.24, 2.45) is 0 Å². The number of rotatable bonds is 4. The molecule has 0 saturated heterocycles. The lowest BCUT2D eigenvalue weighted by Crippen LogP contribution is -2.20. The number of anilines is 1. The third-order valence-corrected chi connectivity index (χ3v) is 4.08. The van der Waals surface area contributed by atoms with Gasteiger partial charge >= 0.3 is 6.18 Å². The van der Waals surface area contributed by atoms with Gasteiger partial charge in [-0.05, 0) is 41.6 Å². The highest BCUT2D eigenvalue weighted by Gasteiger charge is 2.40. The fraction of sp³-hybridized carbons (Fsp3) is 0.0556. The topological polar surface area (TPSA) is 101 Å². The number of amides is 1. The third-order valence-electron chi connectivity index (χ3n) is 4.08. The van der Waals surface area contributed by atoms with Crippen molar-refractivity contribution in [1.82, 2.24) is 30.4 Å². The van der Waals surface area contributed by atoms with Gasteiger partial charge in [-0.25, -0.2) is 9.07 Å². The lowest BCUT2D eigenvalue weighted by Gasteiger charge is -2.13. The summed E-state index contributed by atoms with van der Waals surface area (Å²) in [7, 11) is 0. The number of aromatic nitrogens is 6. The van der Waals surface area contributed by atoms with Gasteiger partial charge in [0, 0.05) is 11.3 Å². The molecule has 0 atom stereocenters. The number of nitrogens with one attached hydrogen (secondary N) is 2. The molecule has 12 heteroatoms. The van der Waals surface area contributed by atoms with Gasteiger partial charge in [0.2, 0.25) is 5.82 Å². The molecular weight excluding hydrogens is 406 g/mol. The molecule has 0 spiro atoms. The highest BCUT2D eigenvalue weighted by molar-refractivity contribution is 6.05. The minimum Gasteiger partial charge on any atom is -0.322 e. The van der Waals surface area contributed by atoms with E-state index in [1.54, 1.807) is 12.1 Å². The lowest BCUT2D eigenvalue weighted by molar-refractivity contribution is -0.143. The summed E-state index contributed by atoms with van der Waals surface area (Å²) in [5.74, 6) is -1.37. The predicted molar refractivity (Wildman–Crippen MR) is 96.1 cm³/mol. The highest BCUT2D eigenvalue weighted by atomic mass is 19.4. The maximum absolute atomic E-state index is 13.7. The van der Waals surface area contributed by atoms with Gasteiger partial charge in [-0.1, -0.05) is 12.1 Å². The number of tetrazole rings is 1. The number of alkyl halides is 3. The van der Waals surface area contributed by atoms with Gasteiger partial charge < -0.3 is 5.32 Å². The Labute approximate surface area is 165 Å². The van der Waals surface area contributed by atoms with Crippen molar-refractivity contribution in [3.05, 3.63) is 71.8 Å². The second-order valence-corrected chi connectivity index (χ2v) is 6.06. The van der Waals surface area contributed by atoms with E-state index < -0.39 is 29.2 Å². The van der Waals surface area contributed by atoms with Gasteiger partial charge in [0.25, 0.3) is 5.91 Å². The Bertz CT molecular complexity index is 1180. The number of aromatic amines is 1. The molecule has 0 bridgehead atoms. The molecule has 0 aliphatic carbocycles. The molecule has 0 fully saturated rings. The Morgan fingerprint density at radius 1 is 1.10 bits per heavy atom. The summed E-state index contributed by atoms with van der Waals surface area (Å²) < 4.78 is 54.8. The van der Waals surface area contributed by atoms with E-state index in [4.69, 9.17) is 0 Å². The van der Waals surface area contributed by atoms with Crippen LogP contribution in [0.15, 0.2) is 54.7 Å². The standard InChI is InChI=1S/C18H11F4N7O/c19-11-4-6-13(7-5-11)29-15(18(20,21)22)14(9-23-29)17(30)24-12-3-1-2-10(8-12)16-25-27-28-26-16/h1-9H,(H,24,30)(H,25,26,27,28). The summed E-state index contributed by atoms with van der Waals surface area (Å²) in [6, 6.07) is 10.5. The largest absolute Gasteiger partial charge is 0.434 e. The van der Waals surface area contributed by atoms with Crippen molar-refractivity contribution < 1.29 is 22.4 Å². The van der Waals surface area contributed by atoms with E-state index in [9.17, 15) is 22.4 Å². The predicted octanol–water partition coefficient (Wildman–Crippen LogP) is 3.46. The van der Waals surface area contributed by atoms with Crippen LogP contribution in [0.1, 0.15) is 16.1 Å². The summed E-state index contributed by atoms with van der Waals surface area (Å²) in [5, 5.41) is 19.4. The van der Waals surface area contributed by atoms with Crippen LogP contribution < -0.4 is 5.32 Å². The van der Waals surface area contributed by atoms with Gasteiger partial charge in [0.05, 0.1) is 17.4 Å². The zero-order valence-corrected chi connectivity index (χ0v) is 14.9. The first-order valence-corrected chi connectivity index (χ1v) is 8.39. The molecule has 2 aromatic carbocycles. The third kappa shape index (κ3) is 3.74. The van der Waals surface area contributed by atoms with Crippen molar-refractivity contribution >= 4 is 11.6 Å². The maximum atomic E-state index is 13.7. The molecule has 2 N–H and O–H groups in total. The Morgan fingerprint density at radius 3 is 2.53 bits per heavy atom. The monoisotopic (exact) mass is 417 g/mol. The second kappa shape index (κ2) is 7.39. The molecule has 152 valence electrons. The maximum Gasteiger partial charge on any atom is 0.434 e. The van der Waals surface area contributed by atoms with E-state index in [0.717, 1.165) is 30.5 Å². The van der Waals surface area contributed by atoms with Crippen LogP contribution in [-0.4, -0.2) is 36.3 Å². The van der Waals surface area contributed by atoms with Crippen molar-refractivity contribution in [2.75, 3.05) is 5.32 Å². The van der Waals surface area contributed by atoms with Crippen LogP contribution >= 0.6 is 0 Å². The number of hydrogen-bond donors (Lipinski definition) is 2. The number of carbonyl (C=O) groups excluding carboxylic acids is 1. The smallest absolute Gasteiger partial charge is 0.322 e. The molecule has 0 unspecified atom stereocenters. The number of hydrogen-bond acceptors (Lipinski definition) is 5. The van der Waals surface area contributed by atoms with Gasteiger partial charge in [0.15, 0.2) is 5.69 Å². The van der Waals surface area contributed by atoms with Gasteiger partial charge in [-0.2, -0.15) is 23.5 Å². The summed E-state index contributed by atoms with van der Waals surface area (Å²) in [5.41, 5.74) is -1.27. The quantitative estimate of drug-likeness (QED) is 0.495. The number of H-pyrrole nitrogens is 1. The fourth-order valence-corrected chi connectivity index (χ4v) is 2.78. The minimum atomic E-state index is -4.88. The summed E-state index contributed by atoms with van der Waals surface area (Å²) in [6.45, 7) is 0. The zero-order chi connectivity index (χ0) is 21.3. The highest BCUT2D eigenvalue weighted by Crippen LogP contribution is 2.34. The van der Waals surface area contributed by atoms with E-state index in [1.807, 2.05) is 0 Å². The SMILES string of the molecule is O=C(Nc1cccc(-c2nn[nH]n2)c1)c1cnn(-c2ccc(F)cc2)c1C(F)(F)F. The van der Waals surface area contributed by atoms with E-state index >= 15 is 0 Å². The first-order valence-electron chi connectivity index (χ1n) is 8.39. The normalized spacial score (nSPS) is 11.5. The molecule has 0 saturated carbocycles. The number of benzene rings is 2. The van der Waals surface area contributed by atoms with Crippen molar-refractivity contribution in [2.45, 2.75) is 6.18 Å². The van der Waals surface area contributed by atoms with E-state index in [2.05, 4.69) is 31.0 Å². The number of halogens is 4. The summed E-state index contributed by atoms with van der Waals surface area (Å²) in [4.78, 5) is 12.6. The van der Waals surface area contributed by atoms with Gasteiger partial charge in [-0.3, -0.25) is 4.79 Å². The van der Waals surface area contributed by atoms with Gasteiger partial charge in [0.1, 0.15) is 5.82 Å². The van der Waals surface area contributed by atoms with Crippen LogP contribution in [0, 0.1) is 5.82 Å². The van der Waals surface area contributed by atoms with E-state index in [-0.39, 0.29) is 17.2 Å². The average Bonchev–Trinajstić information content (AvgIpc) is 3.39. The van der Waals surface area contributed by atoms with E-state index in [0.29, 0.717) is 10.2 Å². The summed E-state index contributed by atoms with van der Waals surface area (Å²) >= 11 is 0. The lowest BCUT2D eigenvalue weighted by atomic mass is 10.1. The van der Waals surface area contributed by atoms with Crippen LogP contribution in [0.3, 0.4) is 0 Å². The fourth-order valence-electron chi connectivity index (χ4n) is 2.78. The van der Waals surface area contributed by atoms with Crippen LogP contribution in [0.5, 0.6) is 0 Å². The van der Waals surface area contributed by atoms with Crippen molar-refractivity contribution in [1.29, 1.82) is 0 Å². The Kier molecular flexibility index (Phi) is 4.74. The zero-order valence-electron chi connectivity index (χ0n) is 14.9. The molecule has 2 heterocycles. The Hall–Kier alpha value is -4.09. The molecule has 1 amide bonds. The molecule has 0 radical (unpaired) electrons. The van der Waals surface area contributed by atoms with Crippen LogP contribution in [0.4, 0.5) is 23.2 Å². The Morgan fingerprint density at radius 2 is 1.87 bits per heavy atom. The van der Waals surface area contributed by atoms with E-state index in [1.165, 1.54) is 12.1 Å². The molecule has 0 aliphatic rings. The second-order valence-electron chi connectivity index (χ2n) is 6.06. The first-order chi connectivity index (χ1) is 14.3. The van der Waals surface area contributed by atoms with Crippen molar-refractivity contribution in [3.63, 3.8) is 0 Å². The molecule has 4 aromatic rings. The molecule has 2 aromatic heterocycles. The van der Waals surface area contributed by atoms with Crippen LogP contribution in [0.2, 0.25) is 0 Å². The minimum absolute atomic E-state index is 0.0399. The van der Waals surface area contributed by atoms with Crippen molar-refractivity contribution in [3.8, 4) is 17.1 Å². The van der Waals surface area contributed by atoms with Gasteiger partial charge in [-0.15, -0.1) is 10.2 Å². The van der Waals surface area contributed by atoms with Crippen LogP contribution in [0.25, 0.3) is 17.1 Å². The molecule has 30 heavy (non-hydrogen) atoms. The molecule has 8 nitrogen and oxygen atoms in total. The molecular formula is C18H11F4N7O. The number of nitrogens with zero attached hydrogens (tertiary/aromatic N) is 5. The van der Waals surface area contributed by atoms with Crippen LogP contribution in [-0.2, 0) is 6.18 Å². The summed E-state index contributed by atoms with van der Waals surface area (Å²) in [6.07, 6.45) is -4.07. The Balaban J connectivity index is 1.68.